The van der Waals surface area contributed by atoms with Crippen molar-refractivity contribution in [1.82, 2.24) is 0 Å². The molecule has 0 heterocycles. The van der Waals surface area contributed by atoms with E-state index in [0.29, 0.717) is 12.2 Å². The number of carbonyl (C=O) groups excluding carboxylic acids is 1. The summed E-state index contributed by atoms with van der Waals surface area (Å²) in [5.41, 5.74) is 2.59. The molecule has 2 rings (SSSR count). The molecule has 0 atom stereocenters. The first-order chi connectivity index (χ1) is 10.0. The number of aryl methyl sites for hydroxylation is 1. The van der Waals surface area contributed by atoms with Crippen LogP contribution in [0.25, 0.3) is 0 Å². The zero-order valence-electron chi connectivity index (χ0n) is 11.7. The third-order valence-electron chi connectivity index (χ3n) is 3.00. The van der Waals surface area contributed by atoms with Crippen LogP contribution in [0, 0.1) is 6.92 Å². The number of esters is 1. The zero-order chi connectivity index (χ0) is 15.4. The van der Waals surface area contributed by atoms with E-state index in [1.165, 1.54) is 7.11 Å². The van der Waals surface area contributed by atoms with Crippen LogP contribution in [0.1, 0.15) is 21.5 Å². The molecule has 0 radical (unpaired) electrons. The van der Waals surface area contributed by atoms with Gasteiger partial charge in [-0.15, -0.1) is 0 Å². The van der Waals surface area contributed by atoms with Crippen molar-refractivity contribution < 1.29 is 14.3 Å². The van der Waals surface area contributed by atoms with Crippen molar-refractivity contribution in [2.75, 3.05) is 7.11 Å². The molecule has 0 amide bonds. The van der Waals surface area contributed by atoms with Crippen molar-refractivity contribution in [3.05, 3.63) is 62.0 Å². The maximum atomic E-state index is 11.4. The van der Waals surface area contributed by atoms with E-state index < -0.39 is 0 Å². The number of ether oxygens (including phenoxy) is 2. The molecule has 0 aromatic heterocycles. The van der Waals surface area contributed by atoms with Gasteiger partial charge in [0.1, 0.15) is 12.4 Å². The summed E-state index contributed by atoms with van der Waals surface area (Å²) in [6, 6.07) is 11.1. The second-order valence-corrected chi connectivity index (χ2v) is 6.21. The van der Waals surface area contributed by atoms with E-state index in [0.717, 1.165) is 25.8 Å². The SMILES string of the molecule is COC(=O)c1ccc(COc2ccc(Br)c(C)c2)c(Br)c1. The van der Waals surface area contributed by atoms with Gasteiger partial charge in [-0.2, -0.15) is 0 Å². The van der Waals surface area contributed by atoms with E-state index in [1.807, 2.05) is 31.2 Å². The highest BCUT2D eigenvalue weighted by Crippen LogP contribution is 2.24. The molecule has 0 aliphatic carbocycles. The minimum Gasteiger partial charge on any atom is -0.489 e. The molecule has 0 spiro atoms. The van der Waals surface area contributed by atoms with E-state index in [1.54, 1.807) is 12.1 Å². The third-order valence-corrected chi connectivity index (χ3v) is 4.63. The number of halogens is 2. The number of carbonyl (C=O) groups is 1. The molecule has 2 aromatic carbocycles. The molecular weight excluding hydrogens is 400 g/mol. The lowest BCUT2D eigenvalue weighted by Gasteiger charge is -2.10. The van der Waals surface area contributed by atoms with Gasteiger partial charge < -0.3 is 9.47 Å². The van der Waals surface area contributed by atoms with Gasteiger partial charge in [-0.1, -0.05) is 37.9 Å². The van der Waals surface area contributed by atoms with Crippen LogP contribution in [-0.4, -0.2) is 13.1 Å². The fraction of sp³-hybridized carbons (Fsp3) is 0.188. The van der Waals surface area contributed by atoms with E-state index >= 15 is 0 Å². The smallest absolute Gasteiger partial charge is 0.337 e. The molecule has 110 valence electrons. The monoisotopic (exact) mass is 412 g/mol. The Bertz CT molecular complexity index is 669. The second kappa shape index (κ2) is 7.09. The largest absolute Gasteiger partial charge is 0.489 e. The highest BCUT2D eigenvalue weighted by Gasteiger charge is 2.09. The highest BCUT2D eigenvalue weighted by molar-refractivity contribution is 9.10. The van der Waals surface area contributed by atoms with Crippen molar-refractivity contribution >= 4 is 37.8 Å². The Hall–Kier alpha value is -1.33. The molecule has 0 saturated heterocycles. The number of rotatable bonds is 4. The summed E-state index contributed by atoms with van der Waals surface area (Å²) >= 11 is 6.91. The quantitative estimate of drug-likeness (QED) is 0.669. The van der Waals surface area contributed by atoms with Crippen LogP contribution < -0.4 is 4.74 Å². The molecule has 21 heavy (non-hydrogen) atoms. The van der Waals surface area contributed by atoms with Gasteiger partial charge in [0.15, 0.2) is 0 Å². The van der Waals surface area contributed by atoms with Crippen LogP contribution >= 0.6 is 31.9 Å². The predicted molar refractivity (Wildman–Crippen MR) is 88.7 cm³/mol. The molecule has 0 unspecified atom stereocenters. The Morgan fingerprint density at radius 3 is 2.48 bits per heavy atom. The van der Waals surface area contributed by atoms with Crippen LogP contribution in [0.4, 0.5) is 0 Å². The Kier molecular flexibility index (Phi) is 5.42. The normalized spacial score (nSPS) is 10.3. The second-order valence-electron chi connectivity index (χ2n) is 4.50. The summed E-state index contributed by atoms with van der Waals surface area (Å²) in [5.74, 6) is 0.450. The Labute approximate surface area is 140 Å². The third kappa shape index (κ3) is 4.08. The van der Waals surface area contributed by atoms with Gasteiger partial charge in [-0.05, 0) is 42.8 Å². The summed E-state index contributed by atoms with van der Waals surface area (Å²) in [4.78, 5) is 11.4. The van der Waals surface area contributed by atoms with Gasteiger partial charge >= 0.3 is 5.97 Å². The lowest BCUT2D eigenvalue weighted by molar-refractivity contribution is 0.0600. The van der Waals surface area contributed by atoms with E-state index in [-0.39, 0.29) is 5.97 Å². The average molecular weight is 414 g/mol. The van der Waals surface area contributed by atoms with Crippen LogP contribution in [0.2, 0.25) is 0 Å². The maximum Gasteiger partial charge on any atom is 0.337 e. The summed E-state index contributed by atoms with van der Waals surface area (Å²) in [7, 11) is 1.36. The zero-order valence-corrected chi connectivity index (χ0v) is 14.8. The fourth-order valence-corrected chi connectivity index (χ4v) is 2.52. The molecule has 0 aliphatic rings. The number of hydrogen-bond donors (Lipinski definition) is 0. The molecule has 0 bridgehead atoms. The van der Waals surface area contributed by atoms with Crippen molar-refractivity contribution in [3.63, 3.8) is 0 Å². The van der Waals surface area contributed by atoms with Crippen LogP contribution in [0.3, 0.4) is 0 Å². The number of methoxy groups -OCH3 is 1. The van der Waals surface area contributed by atoms with E-state index in [4.69, 9.17) is 4.74 Å². The van der Waals surface area contributed by atoms with Gasteiger partial charge in [-0.3, -0.25) is 0 Å². The minimum absolute atomic E-state index is 0.355. The minimum atomic E-state index is -0.355. The van der Waals surface area contributed by atoms with Crippen molar-refractivity contribution in [2.45, 2.75) is 13.5 Å². The Morgan fingerprint density at radius 1 is 1.10 bits per heavy atom. The molecule has 0 fully saturated rings. The van der Waals surface area contributed by atoms with Crippen LogP contribution in [-0.2, 0) is 11.3 Å². The van der Waals surface area contributed by atoms with Gasteiger partial charge in [0, 0.05) is 14.5 Å². The summed E-state index contributed by atoms with van der Waals surface area (Å²) in [6.45, 7) is 2.43. The number of benzene rings is 2. The standard InChI is InChI=1S/C16H14Br2O3/c1-10-7-13(5-6-14(10)17)21-9-12-4-3-11(8-15(12)18)16(19)20-2/h3-8H,9H2,1-2H3. The Morgan fingerprint density at radius 2 is 1.86 bits per heavy atom. The van der Waals surface area contributed by atoms with E-state index in [2.05, 4.69) is 36.6 Å². The first-order valence-corrected chi connectivity index (χ1v) is 7.85. The van der Waals surface area contributed by atoms with Crippen molar-refractivity contribution in [1.29, 1.82) is 0 Å². The van der Waals surface area contributed by atoms with E-state index in [9.17, 15) is 4.79 Å². The number of hydrogen-bond acceptors (Lipinski definition) is 3. The van der Waals surface area contributed by atoms with Crippen LogP contribution in [0.15, 0.2) is 45.3 Å². The lowest BCUT2D eigenvalue weighted by atomic mass is 10.1. The summed E-state index contributed by atoms with van der Waals surface area (Å²) < 4.78 is 12.3. The van der Waals surface area contributed by atoms with Crippen LogP contribution in [0.5, 0.6) is 5.75 Å². The predicted octanol–water partition coefficient (Wildman–Crippen LogP) is 4.89. The van der Waals surface area contributed by atoms with Gasteiger partial charge in [-0.25, -0.2) is 4.79 Å². The van der Waals surface area contributed by atoms with Crippen molar-refractivity contribution in [3.8, 4) is 5.75 Å². The molecule has 0 saturated carbocycles. The van der Waals surface area contributed by atoms with Gasteiger partial charge in [0.25, 0.3) is 0 Å². The van der Waals surface area contributed by atoms with Gasteiger partial charge in [0.05, 0.1) is 12.7 Å². The summed E-state index contributed by atoms with van der Waals surface area (Å²) in [6.07, 6.45) is 0. The fourth-order valence-electron chi connectivity index (χ4n) is 1.78. The summed E-state index contributed by atoms with van der Waals surface area (Å²) in [5, 5.41) is 0. The topological polar surface area (TPSA) is 35.5 Å². The first-order valence-electron chi connectivity index (χ1n) is 6.27. The molecular formula is C16H14Br2O3. The van der Waals surface area contributed by atoms with Crippen molar-refractivity contribution in [2.24, 2.45) is 0 Å². The first kappa shape index (κ1) is 16.0. The molecule has 0 aliphatic heterocycles. The maximum absolute atomic E-state index is 11.4. The molecule has 0 N–H and O–H groups in total. The molecule has 3 nitrogen and oxygen atoms in total. The van der Waals surface area contributed by atoms with Gasteiger partial charge in [0.2, 0.25) is 0 Å². The Balaban J connectivity index is 2.09. The lowest BCUT2D eigenvalue weighted by Crippen LogP contribution is -2.03. The molecule has 2 aromatic rings. The average Bonchev–Trinajstić information content (AvgIpc) is 2.48. The highest BCUT2D eigenvalue weighted by atomic mass is 79.9. The molecule has 5 heteroatoms.